The van der Waals surface area contributed by atoms with Gasteiger partial charge < -0.3 is 9.67 Å². The second kappa shape index (κ2) is 6.36. The Morgan fingerprint density at radius 1 is 1.33 bits per heavy atom. The number of hydrazone groups is 1. The monoisotopic (exact) mass is 305 g/mol. The summed E-state index contributed by atoms with van der Waals surface area (Å²) in [5.41, 5.74) is 3.95. The molecule has 0 saturated carbocycles. The molecule has 21 heavy (non-hydrogen) atoms. The van der Waals surface area contributed by atoms with Crippen molar-refractivity contribution in [1.29, 1.82) is 0 Å². The molecule has 0 spiro atoms. The van der Waals surface area contributed by atoms with Gasteiger partial charge >= 0.3 is 5.97 Å². The fourth-order valence-electron chi connectivity index (χ4n) is 1.73. The highest BCUT2D eigenvalue weighted by Gasteiger charge is 2.09. The summed E-state index contributed by atoms with van der Waals surface area (Å²) in [6, 6.07) is 6.94. The Morgan fingerprint density at radius 3 is 2.62 bits per heavy atom. The first-order valence-electron chi connectivity index (χ1n) is 6.24. The number of hydrogen-bond donors (Lipinski definition) is 2. The average Bonchev–Trinajstić information content (AvgIpc) is 3.06. The molecule has 0 aliphatic heterocycles. The van der Waals surface area contributed by atoms with Gasteiger partial charge in [-0.05, 0) is 31.2 Å². The van der Waals surface area contributed by atoms with Gasteiger partial charge in [-0.1, -0.05) is 0 Å². The lowest BCUT2D eigenvalue weighted by Gasteiger charge is -2.03. The Balaban J connectivity index is 1.97. The molecule has 0 aliphatic carbocycles. The van der Waals surface area contributed by atoms with Crippen LogP contribution in [0.2, 0.25) is 0 Å². The zero-order chi connectivity index (χ0) is 15.4. The van der Waals surface area contributed by atoms with Crippen molar-refractivity contribution in [2.24, 2.45) is 12.1 Å². The number of aromatic carboxylic acids is 1. The number of thiophene rings is 1. The van der Waals surface area contributed by atoms with Gasteiger partial charge in [-0.3, -0.25) is 4.79 Å². The molecule has 0 bridgehead atoms. The van der Waals surface area contributed by atoms with Gasteiger partial charge in [0.2, 0.25) is 5.91 Å². The molecule has 2 heterocycles. The molecule has 1 amide bonds. The average molecular weight is 305 g/mol. The van der Waals surface area contributed by atoms with Crippen LogP contribution >= 0.6 is 11.3 Å². The van der Waals surface area contributed by atoms with Gasteiger partial charge in [0.05, 0.1) is 17.0 Å². The van der Waals surface area contributed by atoms with Gasteiger partial charge in [-0.25, -0.2) is 10.2 Å². The van der Waals surface area contributed by atoms with E-state index in [1.54, 1.807) is 13.0 Å². The van der Waals surface area contributed by atoms with E-state index >= 15 is 0 Å². The van der Waals surface area contributed by atoms with E-state index in [0.29, 0.717) is 10.6 Å². The summed E-state index contributed by atoms with van der Waals surface area (Å²) in [7, 11) is 1.87. The molecule has 2 aromatic rings. The van der Waals surface area contributed by atoms with E-state index in [-0.39, 0.29) is 17.2 Å². The molecule has 6 nitrogen and oxygen atoms in total. The van der Waals surface area contributed by atoms with E-state index < -0.39 is 5.97 Å². The molecule has 0 atom stereocenters. The number of aromatic nitrogens is 1. The Hall–Kier alpha value is -2.41. The topological polar surface area (TPSA) is 83.7 Å². The van der Waals surface area contributed by atoms with E-state index in [1.807, 2.05) is 29.9 Å². The smallest absolute Gasteiger partial charge is 0.345 e. The molecule has 2 rings (SSSR count). The third kappa shape index (κ3) is 3.79. The van der Waals surface area contributed by atoms with Crippen molar-refractivity contribution in [2.45, 2.75) is 13.3 Å². The van der Waals surface area contributed by atoms with E-state index in [1.165, 1.54) is 6.07 Å². The summed E-state index contributed by atoms with van der Waals surface area (Å²) in [4.78, 5) is 23.6. The number of carbonyl (C=O) groups is 2. The summed E-state index contributed by atoms with van der Waals surface area (Å²) < 4.78 is 1.87. The standard InChI is InChI=1S/C14H15N3O3S/c1-9(11-5-6-12(21-11)14(19)20)15-16-13(18)8-10-4-3-7-17(10)2/h3-7H,8H2,1-2H3,(H,16,18)(H,19,20)/b15-9+. The van der Waals surface area contributed by atoms with Crippen molar-refractivity contribution >= 4 is 28.9 Å². The van der Waals surface area contributed by atoms with Crippen LogP contribution in [0.3, 0.4) is 0 Å². The van der Waals surface area contributed by atoms with Crippen molar-refractivity contribution in [2.75, 3.05) is 0 Å². The number of hydrogen-bond acceptors (Lipinski definition) is 4. The maximum absolute atomic E-state index is 11.8. The molecule has 0 aromatic carbocycles. The lowest BCUT2D eigenvalue weighted by atomic mass is 10.3. The lowest BCUT2D eigenvalue weighted by molar-refractivity contribution is -0.120. The van der Waals surface area contributed by atoms with Crippen molar-refractivity contribution in [3.8, 4) is 0 Å². The molecule has 110 valence electrons. The molecular weight excluding hydrogens is 290 g/mol. The van der Waals surface area contributed by atoms with Crippen molar-refractivity contribution in [1.82, 2.24) is 9.99 Å². The summed E-state index contributed by atoms with van der Waals surface area (Å²) in [6.07, 6.45) is 2.11. The number of carboxylic acid groups (broad SMARTS) is 1. The molecule has 0 radical (unpaired) electrons. The summed E-state index contributed by atoms with van der Waals surface area (Å²) in [6.45, 7) is 1.72. The van der Waals surface area contributed by atoms with Crippen LogP contribution in [-0.4, -0.2) is 27.3 Å². The van der Waals surface area contributed by atoms with Crippen molar-refractivity contribution in [3.63, 3.8) is 0 Å². The minimum atomic E-state index is -0.966. The molecule has 0 saturated heterocycles. The normalized spacial score (nSPS) is 11.4. The largest absolute Gasteiger partial charge is 0.477 e. The first-order chi connectivity index (χ1) is 9.97. The highest BCUT2D eigenvalue weighted by atomic mass is 32.1. The minimum absolute atomic E-state index is 0.217. The van der Waals surface area contributed by atoms with E-state index in [2.05, 4.69) is 10.5 Å². The summed E-state index contributed by atoms with van der Waals surface area (Å²) in [5.74, 6) is -1.18. The fourth-order valence-corrected chi connectivity index (χ4v) is 2.52. The fraction of sp³-hybridized carbons (Fsp3) is 0.214. The quantitative estimate of drug-likeness (QED) is 0.653. The Kier molecular flexibility index (Phi) is 4.54. The molecule has 2 aromatic heterocycles. The number of nitrogens with zero attached hydrogens (tertiary/aromatic N) is 2. The zero-order valence-electron chi connectivity index (χ0n) is 11.7. The SMILES string of the molecule is C/C(=N\NC(=O)Cc1cccn1C)c1ccc(C(=O)O)s1. The number of aryl methyl sites for hydroxylation is 1. The van der Waals surface area contributed by atoms with Crippen LogP contribution in [0, 0.1) is 0 Å². The molecular formula is C14H15N3O3S. The number of carbonyl (C=O) groups excluding carboxylic acids is 1. The van der Waals surface area contributed by atoms with E-state index in [0.717, 1.165) is 17.0 Å². The second-order valence-corrected chi connectivity index (χ2v) is 5.57. The van der Waals surface area contributed by atoms with Crippen LogP contribution < -0.4 is 5.43 Å². The van der Waals surface area contributed by atoms with Gasteiger partial charge in [0.15, 0.2) is 0 Å². The molecule has 2 N–H and O–H groups in total. The molecule has 0 unspecified atom stereocenters. The van der Waals surface area contributed by atoms with Gasteiger partial charge in [-0.2, -0.15) is 5.10 Å². The van der Waals surface area contributed by atoms with Crippen LogP contribution in [0.1, 0.15) is 27.2 Å². The number of rotatable bonds is 5. The van der Waals surface area contributed by atoms with E-state index in [9.17, 15) is 9.59 Å². The minimum Gasteiger partial charge on any atom is -0.477 e. The first kappa shape index (κ1) is 15.0. The maximum atomic E-state index is 11.8. The van der Waals surface area contributed by atoms with Crippen LogP contribution in [-0.2, 0) is 18.3 Å². The first-order valence-corrected chi connectivity index (χ1v) is 7.06. The number of carboxylic acids is 1. The predicted molar refractivity (Wildman–Crippen MR) is 80.7 cm³/mol. The Labute approximate surface area is 125 Å². The molecule has 0 aliphatic rings. The maximum Gasteiger partial charge on any atom is 0.345 e. The third-order valence-electron chi connectivity index (χ3n) is 2.91. The Morgan fingerprint density at radius 2 is 2.05 bits per heavy atom. The summed E-state index contributed by atoms with van der Waals surface area (Å²) >= 11 is 1.12. The van der Waals surface area contributed by atoms with Crippen LogP contribution in [0.25, 0.3) is 0 Å². The number of amides is 1. The van der Waals surface area contributed by atoms with Crippen molar-refractivity contribution < 1.29 is 14.7 Å². The van der Waals surface area contributed by atoms with Gasteiger partial charge in [-0.15, -0.1) is 11.3 Å². The highest BCUT2D eigenvalue weighted by molar-refractivity contribution is 7.15. The summed E-state index contributed by atoms with van der Waals surface area (Å²) in [5, 5.41) is 12.9. The van der Waals surface area contributed by atoms with Crippen LogP contribution in [0.15, 0.2) is 35.6 Å². The van der Waals surface area contributed by atoms with Crippen molar-refractivity contribution in [3.05, 3.63) is 45.9 Å². The second-order valence-electron chi connectivity index (χ2n) is 4.49. The highest BCUT2D eigenvalue weighted by Crippen LogP contribution is 2.17. The van der Waals surface area contributed by atoms with E-state index in [4.69, 9.17) is 5.11 Å². The zero-order valence-corrected chi connectivity index (χ0v) is 12.5. The Bertz CT molecular complexity index is 700. The van der Waals surface area contributed by atoms with Crippen LogP contribution in [0.4, 0.5) is 0 Å². The van der Waals surface area contributed by atoms with Crippen LogP contribution in [0.5, 0.6) is 0 Å². The van der Waals surface area contributed by atoms with Gasteiger partial charge in [0.25, 0.3) is 0 Å². The molecule has 7 heteroatoms. The molecule has 0 fully saturated rings. The third-order valence-corrected chi connectivity index (χ3v) is 4.10. The number of nitrogens with one attached hydrogen (secondary N) is 1. The lowest BCUT2D eigenvalue weighted by Crippen LogP contribution is -2.22. The van der Waals surface area contributed by atoms with Gasteiger partial charge in [0, 0.05) is 18.9 Å². The van der Waals surface area contributed by atoms with Gasteiger partial charge in [0.1, 0.15) is 4.88 Å². The predicted octanol–water partition coefficient (Wildman–Crippen LogP) is 1.87.